The van der Waals surface area contributed by atoms with Gasteiger partial charge in [-0.05, 0) is 51.8 Å². The lowest BCUT2D eigenvalue weighted by Crippen LogP contribution is -2.18. The van der Waals surface area contributed by atoms with Gasteiger partial charge in [0.1, 0.15) is 5.75 Å². The molecule has 0 radical (unpaired) electrons. The summed E-state index contributed by atoms with van der Waals surface area (Å²) in [5.41, 5.74) is 0.735. The molecule has 0 aliphatic heterocycles. The van der Waals surface area contributed by atoms with E-state index < -0.39 is 10.0 Å². The van der Waals surface area contributed by atoms with Crippen LogP contribution < -0.4 is 9.57 Å². The molecular formula is C14H13BrN2O3S. The number of nitrogens with zero attached hydrogens (tertiary/aromatic N) is 1. The Balaban J connectivity index is 2.11. The number of nitrogens with one attached hydrogen (secondary N) is 1. The zero-order chi connectivity index (χ0) is 15.3. The number of hydrazone groups is 1. The molecule has 1 N–H and O–H groups in total. The second kappa shape index (κ2) is 6.73. The van der Waals surface area contributed by atoms with Crippen molar-refractivity contribution in [3.8, 4) is 5.75 Å². The number of hydrogen-bond donors (Lipinski definition) is 1. The standard InChI is InChI=1S/C14H13BrN2O3S/c1-20-14-8-7-11(9-13(14)15)10-16-17-21(18,19)12-5-3-2-4-6-12/h2-10,17H,1H3. The van der Waals surface area contributed by atoms with Crippen LogP contribution in [0.15, 0.2) is 63.0 Å². The summed E-state index contributed by atoms with van der Waals surface area (Å²) in [5, 5.41) is 3.76. The summed E-state index contributed by atoms with van der Waals surface area (Å²) in [6.07, 6.45) is 1.42. The van der Waals surface area contributed by atoms with Crippen molar-refractivity contribution < 1.29 is 13.2 Å². The Kier molecular flexibility index (Phi) is 4.98. The third-order valence-electron chi connectivity index (χ3n) is 2.62. The first-order chi connectivity index (χ1) is 10.0. The molecule has 5 nitrogen and oxygen atoms in total. The molecule has 0 aliphatic carbocycles. The van der Waals surface area contributed by atoms with Crippen molar-refractivity contribution in [1.82, 2.24) is 4.83 Å². The quantitative estimate of drug-likeness (QED) is 0.651. The summed E-state index contributed by atoms with van der Waals surface area (Å²) in [6, 6.07) is 13.4. The van der Waals surface area contributed by atoms with E-state index in [2.05, 4.69) is 25.9 Å². The Morgan fingerprint density at radius 1 is 1.19 bits per heavy atom. The molecule has 0 fully saturated rings. The van der Waals surface area contributed by atoms with Gasteiger partial charge in [-0.25, -0.2) is 4.83 Å². The maximum atomic E-state index is 11.9. The first-order valence-electron chi connectivity index (χ1n) is 5.96. The molecule has 0 saturated carbocycles. The van der Waals surface area contributed by atoms with Crippen molar-refractivity contribution in [3.05, 3.63) is 58.6 Å². The van der Waals surface area contributed by atoms with Gasteiger partial charge in [-0.1, -0.05) is 18.2 Å². The highest BCUT2D eigenvalue weighted by Gasteiger charge is 2.11. The fourth-order valence-corrected chi connectivity index (χ4v) is 2.96. The Bertz CT molecular complexity index is 746. The maximum absolute atomic E-state index is 11.9. The van der Waals surface area contributed by atoms with Crippen molar-refractivity contribution in [2.75, 3.05) is 7.11 Å². The van der Waals surface area contributed by atoms with Crippen LogP contribution in [0.5, 0.6) is 5.75 Å². The smallest absolute Gasteiger partial charge is 0.276 e. The number of hydrogen-bond acceptors (Lipinski definition) is 4. The highest BCUT2D eigenvalue weighted by atomic mass is 79.9. The molecular weight excluding hydrogens is 356 g/mol. The van der Waals surface area contributed by atoms with Crippen LogP contribution in [0, 0.1) is 0 Å². The maximum Gasteiger partial charge on any atom is 0.276 e. The lowest BCUT2D eigenvalue weighted by molar-refractivity contribution is 0.412. The van der Waals surface area contributed by atoms with Gasteiger partial charge in [-0.3, -0.25) is 0 Å². The number of methoxy groups -OCH3 is 1. The molecule has 110 valence electrons. The first kappa shape index (κ1) is 15.5. The third-order valence-corrected chi connectivity index (χ3v) is 4.47. The van der Waals surface area contributed by atoms with Crippen molar-refractivity contribution in [3.63, 3.8) is 0 Å². The van der Waals surface area contributed by atoms with Gasteiger partial charge >= 0.3 is 0 Å². The van der Waals surface area contributed by atoms with E-state index in [4.69, 9.17) is 4.74 Å². The topological polar surface area (TPSA) is 67.8 Å². The molecule has 2 aromatic rings. The largest absolute Gasteiger partial charge is 0.496 e. The molecule has 2 aromatic carbocycles. The SMILES string of the molecule is COc1ccc(C=NNS(=O)(=O)c2ccccc2)cc1Br. The molecule has 0 spiro atoms. The van der Waals surface area contributed by atoms with Gasteiger partial charge in [0.15, 0.2) is 0 Å². The van der Waals surface area contributed by atoms with Gasteiger partial charge in [0, 0.05) is 0 Å². The number of benzene rings is 2. The van der Waals surface area contributed by atoms with Crippen molar-refractivity contribution >= 4 is 32.2 Å². The zero-order valence-electron chi connectivity index (χ0n) is 11.2. The number of halogens is 1. The van der Waals surface area contributed by atoms with Crippen LogP contribution in [0.3, 0.4) is 0 Å². The van der Waals surface area contributed by atoms with Crippen molar-refractivity contribution in [1.29, 1.82) is 0 Å². The predicted molar refractivity (Wildman–Crippen MR) is 85.1 cm³/mol. The highest BCUT2D eigenvalue weighted by molar-refractivity contribution is 9.10. The highest BCUT2D eigenvalue weighted by Crippen LogP contribution is 2.24. The predicted octanol–water partition coefficient (Wildman–Crippen LogP) is 2.77. The van der Waals surface area contributed by atoms with E-state index in [1.165, 1.54) is 18.3 Å². The van der Waals surface area contributed by atoms with Gasteiger partial charge < -0.3 is 4.74 Å². The summed E-state index contributed by atoms with van der Waals surface area (Å²) in [4.78, 5) is 2.33. The Morgan fingerprint density at radius 2 is 1.90 bits per heavy atom. The van der Waals surface area contributed by atoms with Crippen molar-refractivity contribution in [2.45, 2.75) is 4.90 Å². The van der Waals surface area contributed by atoms with E-state index in [1.54, 1.807) is 43.5 Å². The minimum absolute atomic E-state index is 0.165. The van der Waals surface area contributed by atoms with E-state index in [0.717, 1.165) is 10.0 Å². The minimum Gasteiger partial charge on any atom is -0.496 e. The molecule has 21 heavy (non-hydrogen) atoms. The van der Waals surface area contributed by atoms with Gasteiger partial charge in [0.05, 0.1) is 22.7 Å². The first-order valence-corrected chi connectivity index (χ1v) is 8.24. The molecule has 0 saturated heterocycles. The second-order valence-corrected chi connectivity index (χ2v) is 6.58. The Hall–Kier alpha value is -1.86. The third kappa shape index (κ3) is 4.05. The van der Waals surface area contributed by atoms with Crippen LogP contribution in [0.1, 0.15) is 5.56 Å². The van der Waals surface area contributed by atoms with Crippen LogP contribution in [0.2, 0.25) is 0 Å². The molecule has 0 heterocycles. The Labute approximate surface area is 131 Å². The molecule has 0 unspecified atom stereocenters. The van der Waals surface area contributed by atoms with E-state index in [1.807, 2.05) is 0 Å². The van der Waals surface area contributed by atoms with E-state index >= 15 is 0 Å². The minimum atomic E-state index is -3.64. The van der Waals surface area contributed by atoms with Crippen molar-refractivity contribution in [2.24, 2.45) is 5.10 Å². The lowest BCUT2D eigenvalue weighted by Gasteiger charge is -2.04. The van der Waals surface area contributed by atoms with Gasteiger partial charge in [0.25, 0.3) is 10.0 Å². The summed E-state index contributed by atoms with van der Waals surface area (Å²) in [5.74, 6) is 0.692. The van der Waals surface area contributed by atoms with E-state index in [0.29, 0.717) is 5.75 Å². The molecule has 0 amide bonds. The molecule has 2 rings (SSSR count). The molecule has 7 heteroatoms. The summed E-state index contributed by atoms with van der Waals surface area (Å²) >= 11 is 3.35. The molecule has 0 atom stereocenters. The second-order valence-electron chi connectivity index (χ2n) is 4.06. The average molecular weight is 369 g/mol. The van der Waals surface area contributed by atoms with E-state index in [9.17, 15) is 8.42 Å². The fourth-order valence-electron chi connectivity index (χ4n) is 1.59. The Morgan fingerprint density at radius 3 is 2.52 bits per heavy atom. The monoisotopic (exact) mass is 368 g/mol. The number of sulfonamides is 1. The van der Waals surface area contributed by atoms with Crippen LogP contribution in [0.4, 0.5) is 0 Å². The van der Waals surface area contributed by atoms with Crippen LogP contribution in [-0.4, -0.2) is 21.7 Å². The summed E-state index contributed by atoms with van der Waals surface area (Å²) in [7, 11) is -2.07. The molecule has 0 aromatic heterocycles. The van der Waals surface area contributed by atoms with Gasteiger partial charge in [-0.2, -0.15) is 13.5 Å². The van der Waals surface area contributed by atoms with Crippen LogP contribution >= 0.6 is 15.9 Å². The normalized spacial score (nSPS) is 11.5. The average Bonchev–Trinajstić information content (AvgIpc) is 2.48. The molecule has 0 bridgehead atoms. The summed E-state index contributed by atoms with van der Waals surface area (Å²) < 4.78 is 29.7. The van der Waals surface area contributed by atoms with Gasteiger partial charge in [0.2, 0.25) is 0 Å². The van der Waals surface area contributed by atoms with Gasteiger partial charge in [-0.15, -0.1) is 0 Å². The summed E-state index contributed by atoms with van der Waals surface area (Å²) in [6.45, 7) is 0. The number of ether oxygens (including phenoxy) is 1. The van der Waals surface area contributed by atoms with Crippen LogP contribution in [-0.2, 0) is 10.0 Å². The molecule has 0 aliphatic rings. The zero-order valence-corrected chi connectivity index (χ0v) is 13.6. The number of rotatable bonds is 5. The fraction of sp³-hybridized carbons (Fsp3) is 0.0714. The lowest BCUT2D eigenvalue weighted by atomic mass is 10.2. The van der Waals surface area contributed by atoms with E-state index in [-0.39, 0.29) is 4.90 Å². The van der Waals surface area contributed by atoms with Crippen LogP contribution in [0.25, 0.3) is 0 Å².